The second kappa shape index (κ2) is 9.40. The van der Waals surface area contributed by atoms with Gasteiger partial charge in [0.1, 0.15) is 6.61 Å². The molecule has 5 rings (SSSR count). The largest absolute Gasteiger partial charge is 0.490 e. The minimum Gasteiger partial charge on any atom is -0.490 e. The molecule has 0 saturated carbocycles. The quantitative estimate of drug-likeness (QED) is 0.189. The van der Waals surface area contributed by atoms with E-state index in [1.165, 1.54) is 10.8 Å². The maximum Gasteiger partial charge on any atom is 0.189 e. The fourth-order valence-corrected chi connectivity index (χ4v) is 5.10. The Balaban J connectivity index is 1.44. The van der Waals surface area contributed by atoms with Crippen molar-refractivity contribution in [3.63, 3.8) is 0 Å². The van der Waals surface area contributed by atoms with E-state index in [2.05, 4.69) is 52.9 Å². The van der Waals surface area contributed by atoms with Gasteiger partial charge in [-0.15, -0.1) is 0 Å². The normalized spacial score (nSPS) is 14.0. The maximum absolute atomic E-state index is 12.8. The molecule has 3 nitrogen and oxygen atoms in total. The first-order chi connectivity index (χ1) is 16.1. The van der Waals surface area contributed by atoms with Crippen molar-refractivity contribution >= 4 is 45.2 Å². The summed E-state index contributed by atoms with van der Waals surface area (Å²) in [4.78, 5) is 12.8. The van der Waals surface area contributed by atoms with Gasteiger partial charge in [0, 0.05) is 17.6 Å². The predicted octanol–water partition coefficient (Wildman–Crippen LogP) is 7.24. The number of carbonyl (C=O) groups is 1. The van der Waals surface area contributed by atoms with Crippen LogP contribution in [-0.4, -0.2) is 12.4 Å². The number of allylic oxidation sites excluding steroid dienone is 1. The van der Waals surface area contributed by atoms with Crippen LogP contribution < -0.4 is 9.47 Å². The first-order valence-corrected chi connectivity index (χ1v) is 12.1. The molecule has 0 saturated heterocycles. The lowest BCUT2D eigenvalue weighted by molar-refractivity contribution is 0.104. The highest BCUT2D eigenvalue weighted by atomic mass is 127. The van der Waals surface area contributed by atoms with Crippen molar-refractivity contribution in [2.75, 3.05) is 6.61 Å². The number of ketones is 1. The fourth-order valence-electron chi connectivity index (χ4n) is 4.31. The Morgan fingerprint density at radius 2 is 1.73 bits per heavy atom. The van der Waals surface area contributed by atoms with E-state index in [1.807, 2.05) is 61.5 Å². The number of benzene rings is 4. The molecular weight excluding hydrogens is 523 g/mol. The van der Waals surface area contributed by atoms with Gasteiger partial charge >= 0.3 is 0 Å². The highest BCUT2D eigenvalue weighted by Crippen LogP contribution is 2.37. The van der Waals surface area contributed by atoms with Crippen molar-refractivity contribution in [3.05, 3.63) is 110 Å². The van der Waals surface area contributed by atoms with Crippen LogP contribution in [0.2, 0.25) is 0 Å². The van der Waals surface area contributed by atoms with E-state index < -0.39 is 0 Å². The molecule has 0 heterocycles. The number of fused-ring (bicyclic) bond motifs is 2. The predicted molar refractivity (Wildman–Crippen MR) is 141 cm³/mol. The lowest BCUT2D eigenvalue weighted by Gasteiger charge is -2.16. The Hall–Kier alpha value is -3.12. The average molecular weight is 546 g/mol. The molecule has 33 heavy (non-hydrogen) atoms. The third-order valence-corrected chi connectivity index (χ3v) is 6.66. The van der Waals surface area contributed by atoms with E-state index in [-0.39, 0.29) is 5.78 Å². The summed E-state index contributed by atoms with van der Waals surface area (Å²) >= 11 is 2.28. The van der Waals surface area contributed by atoms with E-state index in [0.717, 1.165) is 37.1 Å². The smallest absolute Gasteiger partial charge is 0.189 e. The van der Waals surface area contributed by atoms with Gasteiger partial charge in [0.15, 0.2) is 17.3 Å². The van der Waals surface area contributed by atoms with Gasteiger partial charge in [-0.3, -0.25) is 4.79 Å². The maximum atomic E-state index is 12.8. The highest BCUT2D eigenvalue weighted by Gasteiger charge is 2.24. The van der Waals surface area contributed by atoms with E-state index in [9.17, 15) is 4.79 Å². The molecule has 0 fully saturated rings. The topological polar surface area (TPSA) is 35.5 Å². The van der Waals surface area contributed by atoms with Crippen LogP contribution in [0.15, 0.2) is 84.4 Å². The Morgan fingerprint density at radius 3 is 2.58 bits per heavy atom. The molecule has 1 aliphatic carbocycles. The van der Waals surface area contributed by atoms with Gasteiger partial charge in [0.2, 0.25) is 0 Å². The van der Waals surface area contributed by atoms with Crippen molar-refractivity contribution in [2.45, 2.75) is 20.0 Å². The van der Waals surface area contributed by atoms with Crippen LogP contribution in [0, 0.1) is 3.57 Å². The van der Waals surface area contributed by atoms with Crippen LogP contribution in [0.1, 0.15) is 34.0 Å². The lowest BCUT2D eigenvalue weighted by Crippen LogP contribution is -2.03. The lowest BCUT2D eigenvalue weighted by atomic mass is 10.1. The number of rotatable bonds is 6. The summed E-state index contributed by atoms with van der Waals surface area (Å²) in [5.41, 5.74) is 4.77. The van der Waals surface area contributed by atoms with Gasteiger partial charge in [0.25, 0.3) is 0 Å². The van der Waals surface area contributed by atoms with Crippen LogP contribution in [0.3, 0.4) is 0 Å². The van der Waals surface area contributed by atoms with Crippen LogP contribution >= 0.6 is 22.6 Å². The molecule has 4 heteroatoms. The number of Topliss-reactive ketones (excluding diaryl/α,β-unsaturated/α-hetero) is 1. The molecule has 4 aromatic carbocycles. The number of hydrogen-bond acceptors (Lipinski definition) is 3. The zero-order chi connectivity index (χ0) is 22.8. The summed E-state index contributed by atoms with van der Waals surface area (Å²) in [5, 5.41) is 2.39. The van der Waals surface area contributed by atoms with Gasteiger partial charge in [-0.25, -0.2) is 0 Å². The SMILES string of the molecule is CCOc1cc(/C=C2\Cc3ccccc3C2=O)cc(I)c1OCc1cccc2ccccc12. The van der Waals surface area contributed by atoms with Gasteiger partial charge in [-0.05, 0) is 75.2 Å². The second-order valence-electron chi connectivity index (χ2n) is 8.02. The molecule has 0 unspecified atom stereocenters. The van der Waals surface area contributed by atoms with Gasteiger partial charge in [-0.1, -0.05) is 66.7 Å². The Morgan fingerprint density at radius 1 is 0.939 bits per heavy atom. The van der Waals surface area contributed by atoms with Crippen LogP contribution in [0.5, 0.6) is 11.5 Å². The molecule has 0 N–H and O–H groups in total. The van der Waals surface area contributed by atoms with Crippen molar-refractivity contribution in [2.24, 2.45) is 0 Å². The molecule has 0 radical (unpaired) electrons. The number of ether oxygens (including phenoxy) is 2. The van der Waals surface area contributed by atoms with Gasteiger partial charge in [-0.2, -0.15) is 0 Å². The highest BCUT2D eigenvalue weighted by molar-refractivity contribution is 14.1. The monoisotopic (exact) mass is 546 g/mol. The Labute approximate surface area is 207 Å². The molecule has 0 bridgehead atoms. The van der Waals surface area contributed by atoms with Gasteiger partial charge < -0.3 is 9.47 Å². The van der Waals surface area contributed by atoms with E-state index >= 15 is 0 Å². The van der Waals surface area contributed by atoms with Gasteiger partial charge in [0.05, 0.1) is 10.2 Å². The van der Waals surface area contributed by atoms with Crippen molar-refractivity contribution in [1.82, 2.24) is 0 Å². The molecule has 0 aliphatic heterocycles. The molecule has 0 spiro atoms. The number of hydrogen-bond donors (Lipinski definition) is 0. The molecule has 4 aromatic rings. The van der Waals surface area contributed by atoms with Crippen LogP contribution in [0.4, 0.5) is 0 Å². The van der Waals surface area contributed by atoms with Crippen molar-refractivity contribution < 1.29 is 14.3 Å². The number of carbonyl (C=O) groups excluding carboxylic acids is 1. The third kappa shape index (κ3) is 4.40. The molecular formula is C29H23IO3. The third-order valence-electron chi connectivity index (χ3n) is 5.86. The minimum atomic E-state index is 0.106. The molecule has 1 aliphatic rings. The summed E-state index contributed by atoms with van der Waals surface area (Å²) < 4.78 is 13.2. The fraction of sp³-hybridized carbons (Fsp3) is 0.138. The summed E-state index contributed by atoms with van der Waals surface area (Å²) in [6.45, 7) is 2.94. The first kappa shape index (κ1) is 21.7. The van der Waals surface area contributed by atoms with Crippen molar-refractivity contribution in [3.8, 4) is 11.5 Å². The average Bonchev–Trinajstić information content (AvgIpc) is 3.14. The minimum absolute atomic E-state index is 0.106. The van der Waals surface area contributed by atoms with E-state index in [0.29, 0.717) is 25.4 Å². The standard InChI is InChI=1S/C29H23IO3/c1-2-32-27-16-19(14-23-17-21-9-4-6-13-25(21)28(23)31)15-26(30)29(27)33-18-22-11-7-10-20-8-3-5-12-24(20)22/h3-16H,2,17-18H2,1H3/b23-14+. The van der Waals surface area contributed by atoms with E-state index in [4.69, 9.17) is 9.47 Å². The summed E-state index contributed by atoms with van der Waals surface area (Å²) in [6.07, 6.45) is 2.64. The summed E-state index contributed by atoms with van der Waals surface area (Å²) in [5.74, 6) is 1.53. The zero-order valence-electron chi connectivity index (χ0n) is 18.3. The molecule has 0 aromatic heterocycles. The van der Waals surface area contributed by atoms with Crippen LogP contribution in [0.25, 0.3) is 16.8 Å². The Kier molecular flexibility index (Phi) is 6.18. The second-order valence-corrected chi connectivity index (χ2v) is 9.18. The molecule has 0 amide bonds. The van der Waals surface area contributed by atoms with Crippen LogP contribution in [-0.2, 0) is 13.0 Å². The first-order valence-electron chi connectivity index (χ1n) is 11.0. The number of halogens is 1. The molecule has 164 valence electrons. The zero-order valence-corrected chi connectivity index (χ0v) is 20.5. The molecule has 0 atom stereocenters. The van der Waals surface area contributed by atoms with Crippen molar-refractivity contribution in [1.29, 1.82) is 0 Å². The summed E-state index contributed by atoms with van der Waals surface area (Å²) in [6, 6.07) is 26.4. The summed E-state index contributed by atoms with van der Waals surface area (Å²) in [7, 11) is 0. The Bertz CT molecular complexity index is 1380. The van der Waals surface area contributed by atoms with E-state index in [1.54, 1.807) is 0 Å².